The van der Waals surface area contributed by atoms with Crippen LogP contribution in [-0.2, 0) is 0 Å². The van der Waals surface area contributed by atoms with Crippen molar-refractivity contribution in [2.75, 3.05) is 20.1 Å². The molecule has 8 heteroatoms. The molecule has 0 spiro atoms. The number of fused-ring (bicyclic) bond motifs is 2. The Kier molecular flexibility index (Phi) is 4.16. The molecule has 5 rings (SSSR count). The number of hydrogen-bond donors (Lipinski definition) is 0. The van der Waals surface area contributed by atoms with Gasteiger partial charge < -0.3 is 4.90 Å². The van der Waals surface area contributed by atoms with Crippen molar-refractivity contribution in [2.45, 2.75) is 32.6 Å². The van der Waals surface area contributed by atoms with E-state index in [1.165, 1.54) is 0 Å². The maximum Gasteiger partial charge on any atom is 0.258 e. The number of rotatable bonds is 2. The fourth-order valence-electron chi connectivity index (χ4n) is 4.09. The Morgan fingerprint density at radius 1 is 1.03 bits per heavy atom. The van der Waals surface area contributed by atoms with Crippen LogP contribution < -0.4 is 5.56 Å². The maximum atomic E-state index is 12.8. The van der Waals surface area contributed by atoms with Gasteiger partial charge in [0.2, 0.25) is 0 Å². The van der Waals surface area contributed by atoms with Gasteiger partial charge in [-0.15, -0.1) is 0 Å². The van der Waals surface area contributed by atoms with E-state index < -0.39 is 0 Å². The van der Waals surface area contributed by atoms with Gasteiger partial charge in [0.05, 0.1) is 40.7 Å². The van der Waals surface area contributed by atoms with Gasteiger partial charge in [0.15, 0.2) is 5.65 Å². The molecular formula is C21H23N7O. The predicted molar refractivity (Wildman–Crippen MR) is 110 cm³/mol. The van der Waals surface area contributed by atoms with Crippen molar-refractivity contribution >= 4 is 11.2 Å². The molecule has 0 unspecified atom stereocenters. The second kappa shape index (κ2) is 6.73. The van der Waals surface area contributed by atoms with Gasteiger partial charge in [0.1, 0.15) is 5.69 Å². The highest BCUT2D eigenvalue weighted by Crippen LogP contribution is 2.26. The number of aryl methyl sites for hydroxylation is 2. The molecule has 29 heavy (non-hydrogen) atoms. The summed E-state index contributed by atoms with van der Waals surface area (Å²) in [5, 5.41) is 4.59. The lowest BCUT2D eigenvalue weighted by Crippen LogP contribution is -2.30. The molecule has 5 heterocycles. The molecule has 0 amide bonds. The SMILES string of the molecule is Cc1cn2nc(-c3cc(=O)n4cc(C5CCN(C)CC5)ncc4n3)cc2c(C)n1. The predicted octanol–water partition coefficient (Wildman–Crippen LogP) is 2.23. The minimum Gasteiger partial charge on any atom is -0.306 e. The van der Waals surface area contributed by atoms with Gasteiger partial charge in [-0.25, -0.2) is 9.50 Å². The summed E-state index contributed by atoms with van der Waals surface area (Å²) >= 11 is 0. The van der Waals surface area contributed by atoms with E-state index in [4.69, 9.17) is 0 Å². The first-order valence-electron chi connectivity index (χ1n) is 9.90. The molecule has 0 atom stereocenters. The van der Waals surface area contributed by atoms with Crippen LogP contribution >= 0.6 is 0 Å². The van der Waals surface area contributed by atoms with Gasteiger partial charge in [-0.2, -0.15) is 5.10 Å². The van der Waals surface area contributed by atoms with Crippen LogP contribution in [0.25, 0.3) is 22.6 Å². The number of piperidine rings is 1. The van der Waals surface area contributed by atoms with Gasteiger partial charge in [-0.3, -0.25) is 19.2 Å². The van der Waals surface area contributed by atoms with E-state index >= 15 is 0 Å². The highest BCUT2D eigenvalue weighted by atomic mass is 16.1. The van der Waals surface area contributed by atoms with Crippen molar-refractivity contribution in [3.8, 4) is 11.4 Å². The van der Waals surface area contributed by atoms with Gasteiger partial charge in [0.25, 0.3) is 5.56 Å². The Morgan fingerprint density at radius 3 is 2.62 bits per heavy atom. The van der Waals surface area contributed by atoms with Crippen LogP contribution in [0.3, 0.4) is 0 Å². The summed E-state index contributed by atoms with van der Waals surface area (Å²) in [5.74, 6) is 0.388. The minimum atomic E-state index is -0.121. The fraction of sp³-hybridized carbons (Fsp3) is 0.381. The normalized spacial score (nSPS) is 16.1. The first kappa shape index (κ1) is 17.9. The van der Waals surface area contributed by atoms with Crippen LogP contribution in [-0.4, -0.2) is 54.0 Å². The van der Waals surface area contributed by atoms with Crippen molar-refractivity contribution in [1.29, 1.82) is 0 Å². The topological polar surface area (TPSA) is 80.7 Å². The van der Waals surface area contributed by atoms with E-state index in [1.54, 1.807) is 21.2 Å². The van der Waals surface area contributed by atoms with E-state index in [0.717, 1.165) is 48.5 Å². The molecule has 0 aliphatic carbocycles. The quantitative estimate of drug-likeness (QED) is 0.523. The second-order valence-electron chi connectivity index (χ2n) is 7.92. The van der Waals surface area contributed by atoms with Gasteiger partial charge in [0, 0.05) is 18.2 Å². The highest BCUT2D eigenvalue weighted by molar-refractivity contribution is 5.65. The molecule has 0 radical (unpaired) electrons. The van der Waals surface area contributed by atoms with Crippen molar-refractivity contribution in [3.05, 3.63) is 58.2 Å². The molecule has 8 nitrogen and oxygen atoms in total. The van der Waals surface area contributed by atoms with E-state index in [1.807, 2.05) is 32.3 Å². The lowest BCUT2D eigenvalue weighted by atomic mass is 9.94. The minimum absolute atomic E-state index is 0.121. The molecule has 4 aromatic rings. The van der Waals surface area contributed by atoms with Crippen LogP contribution in [0.5, 0.6) is 0 Å². The number of likely N-dealkylation sites (tertiary alicyclic amines) is 1. The first-order valence-corrected chi connectivity index (χ1v) is 9.90. The van der Waals surface area contributed by atoms with Crippen LogP contribution in [0.15, 0.2) is 35.5 Å². The monoisotopic (exact) mass is 389 g/mol. The zero-order valence-electron chi connectivity index (χ0n) is 16.8. The average Bonchev–Trinajstić information content (AvgIpc) is 3.13. The third-order valence-corrected chi connectivity index (χ3v) is 5.73. The Bertz CT molecular complexity index is 1280. The molecule has 4 aromatic heterocycles. The van der Waals surface area contributed by atoms with E-state index in [0.29, 0.717) is 23.0 Å². The molecule has 148 valence electrons. The molecule has 1 aliphatic rings. The third-order valence-electron chi connectivity index (χ3n) is 5.73. The summed E-state index contributed by atoms with van der Waals surface area (Å²) in [5.41, 5.74) is 5.27. The Balaban J connectivity index is 1.56. The maximum absolute atomic E-state index is 12.8. The smallest absolute Gasteiger partial charge is 0.258 e. The number of nitrogens with zero attached hydrogens (tertiary/aromatic N) is 7. The number of hydrogen-bond acceptors (Lipinski definition) is 6. The number of aromatic nitrogens is 6. The third kappa shape index (κ3) is 3.19. The second-order valence-corrected chi connectivity index (χ2v) is 7.92. The molecule has 1 saturated heterocycles. The van der Waals surface area contributed by atoms with Gasteiger partial charge in [-0.05, 0) is 52.9 Å². The van der Waals surface area contributed by atoms with E-state index in [2.05, 4.69) is 32.0 Å². The summed E-state index contributed by atoms with van der Waals surface area (Å²) in [6.07, 6.45) is 7.54. The van der Waals surface area contributed by atoms with Crippen LogP contribution in [0.1, 0.15) is 35.8 Å². The van der Waals surface area contributed by atoms with E-state index in [9.17, 15) is 4.79 Å². The average molecular weight is 389 g/mol. The Morgan fingerprint density at radius 2 is 1.83 bits per heavy atom. The van der Waals surface area contributed by atoms with E-state index in [-0.39, 0.29) is 5.56 Å². The molecular weight excluding hydrogens is 366 g/mol. The van der Waals surface area contributed by atoms with Crippen molar-refractivity contribution < 1.29 is 0 Å². The zero-order chi connectivity index (χ0) is 20.1. The lowest BCUT2D eigenvalue weighted by Gasteiger charge is -2.28. The van der Waals surface area contributed by atoms with Crippen LogP contribution in [0.2, 0.25) is 0 Å². The Hall–Kier alpha value is -3.13. The highest BCUT2D eigenvalue weighted by Gasteiger charge is 2.20. The molecule has 0 saturated carbocycles. The zero-order valence-corrected chi connectivity index (χ0v) is 16.8. The van der Waals surface area contributed by atoms with Crippen molar-refractivity contribution in [3.63, 3.8) is 0 Å². The van der Waals surface area contributed by atoms with Crippen molar-refractivity contribution in [1.82, 2.24) is 33.9 Å². The fourth-order valence-corrected chi connectivity index (χ4v) is 4.09. The lowest BCUT2D eigenvalue weighted by molar-refractivity contribution is 0.253. The first-order chi connectivity index (χ1) is 14.0. The molecule has 0 N–H and O–H groups in total. The standard InChI is InChI=1S/C21H23N7O/c1-13-11-28-19(14(2)23-13)8-17(25-28)16-9-21(29)27-12-18(22-10-20(27)24-16)15-4-6-26(3)7-5-15/h8-12,15H,4-7H2,1-3H3. The largest absolute Gasteiger partial charge is 0.306 e. The Labute approximate surface area is 167 Å². The van der Waals surface area contributed by atoms with Gasteiger partial charge in [-0.1, -0.05) is 0 Å². The van der Waals surface area contributed by atoms with Gasteiger partial charge >= 0.3 is 0 Å². The summed E-state index contributed by atoms with van der Waals surface area (Å²) in [6.45, 7) is 5.99. The van der Waals surface area contributed by atoms with Crippen LogP contribution in [0, 0.1) is 13.8 Å². The summed E-state index contributed by atoms with van der Waals surface area (Å²) in [7, 11) is 2.14. The molecule has 0 bridgehead atoms. The molecule has 1 aliphatic heterocycles. The summed E-state index contributed by atoms with van der Waals surface area (Å²) in [6, 6.07) is 3.46. The van der Waals surface area contributed by atoms with Crippen molar-refractivity contribution in [2.24, 2.45) is 0 Å². The summed E-state index contributed by atoms with van der Waals surface area (Å²) < 4.78 is 3.38. The summed E-state index contributed by atoms with van der Waals surface area (Å²) in [4.78, 5) is 28.9. The molecule has 1 fully saturated rings. The van der Waals surface area contributed by atoms with Crippen LogP contribution in [0.4, 0.5) is 0 Å². The molecule has 0 aromatic carbocycles.